The molecule has 0 aromatic carbocycles. The van der Waals surface area contributed by atoms with Gasteiger partial charge in [0, 0.05) is 25.8 Å². The van der Waals surface area contributed by atoms with E-state index < -0.39 is 0 Å². The van der Waals surface area contributed by atoms with Crippen molar-refractivity contribution in [1.82, 2.24) is 4.90 Å². The maximum Gasteiger partial charge on any atom is 0.0702 e. The third-order valence-corrected chi connectivity index (χ3v) is 3.92. The van der Waals surface area contributed by atoms with Crippen molar-refractivity contribution < 1.29 is 9.84 Å². The number of aliphatic hydroxyl groups excluding tert-OH is 1. The summed E-state index contributed by atoms with van der Waals surface area (Å²) in [4.78, 5) is 2.55. The lowest BCUT2D eigenvalue weighted by Gasteiger charge is -2.38. The fourth-order valence-electron chi connectivity index (χ4n) is 2.99. The van der Waals surface area contributed by atoms with Gasteiger partial charge in [-0.15, -0.1) is 0 Å². The second-order valence-electron chi connectivity index (χ2n) is 5.15. The lowest BCUT2D eigenvalue weighted by molar-refractivity contribution is -0.0217. The molecule has 0 aliphatic carbocycles. The number of likely N-dealkylation sites (tertiary alicyclic amines) is 1. The van der Waals surface area contributed by atoms with Crippen LogP contribution >= 0.6 is 0 Å². The van der Waals surface area contributed by atoms with Crippen molar-refractivity contribution in [1.29, 1.82) is 0 Å². The number of ether oxygens (including phenoxy) is 1. The van der Waals surface area contributed by atoms with Crippen LogP contribution in [0.3, 0.4) is 0 Å². The molecule has 0 radical (unpaired) electrons. The summed E-state index contributed by atoms with van der Waals surface area (Å²) in [5.41, 5.74) is 0. The van der Waals surface area contributed by atoms with Crippen LogP contribution in [0, 0.1) is 0 Å². The Morgan fingerprint density at radius 3 is 2.75 bits per heavy atom. The average molecular weight is 227 g/mol. The predicted octanol–water partition coefficient (Wildman–Crippen LogP) is 1.79. The van der Waals surface area contributed by atoms with Gasteiger partial charge in [0.05, 0.1) is 6.10 Å². The van der Waals surface area contributed by atoms with E-state index in [1.54, 1.807) is 0 Å². The molecule has 3 heteroatoms. The highest BCUT2D eigenvalue weighted by Crippen LogP contribution is 2.22. The van der Waals surface area contributed by atoms with E-state index in [1.165, 1.54) is 45.1 Å². The summed E-state index contributed by atoms with van der Waals surface area (Å²) < 4.78 is 5.80. The molecule has 16 heavy (non-hydrogen) atoms. The molecule has 0 saturated carbocycles. The van der Waals surface area contributed by atoms with Gasteiger partial charge in [-0.2, -0.15) is 0 Å². The van der Waals surface area contributed by atoms with Crippen LogP contribution in [0.25, 0.3) is 0 Å². The first-order valence-corrected chi connectivity index (χ1v) is 6.86. The monoisotopic (exact) mass is 227 g/mol. The number of rotatable bonds is 4. The molecule has 94 valence electrons. The van der Waals surface area contributed by atoms with Gasteiger partial charge in [0.2, 0.25) is 0 Å². The first kappa shape index (κ1) is 12.3. The highest BCUT2D eigenvalue weighted by molar-refractivity contribution is 4.80. The molecule has 2 aliphatic heterocycles. The molecule has 2 aliphatic rings. The number of piperidine rings is 1. The molecule has 2 fully saturated rings. The van der Waals surface area contributed by atoms with Gasteiger partial charge in [0.1, 0.15) is 0 Å². The normalized spacial score (nSPS) is 32.8. The first-order chi connectivity index (χ1) is 7.90. The number of aliphatic hydroxyl groups is 1. The van der Waals surface area contributed by atoms with Gasteiger partial charge < -0.3 is 9.84 Å². The molecule has 0 aromatic rings. The zero-order chi connectivity index (χ0) is 11.2. The van der Waals surface area contributed by atoms with E-state index in [4.69, 9.17) is 9.84 Å². The second kappa shape index (κ2) is 6.58. The Morgan fingerprint density at radius 1 is 1.12 bits per heavy atom. The molecule has 0 aromatic heterocycles. The lowest BCUT2D eigenvalue weighted by atomic mass is 9.98. The Kier molecular flexibility index (Phi) is 5.07. The van der Waals surface area contributed by atoms with Gasteiger partial charge in [-0.25, -0.2) is 0 Å². The van der Waals surface area contributed by atoms with Crippen molar-refractivity contribution in [2.24, 2.45) is 0 Å². The Hall–Kier alpha value is -0.120. The van der Waals surface area contributed by atoms with Crippen LogP contribution < -0.4 is 0 Å². The molecule has 2 unspecified atom stereocenters. The summed E-state index contributed by atoms with van der Waals surface area (Å²) >= 11 is 0. The second-order valence-corrected chi connectivity index (χ2v) is 5.15. The highest BCUT2D eigenvalue weighted by Gasteiger charge is 2.25. The molecule has 1 N–H and O–H groups in total. The van der Waals surface area contributed by atoms with E-state index in [0.717, 1.165) is 19.6 Å². The number of nitrogens with zero attached hydrogens (tertiary/aromatic N) is 1. The van der Waals surface area contributed by atoms with Crippen molar-refractivity contribution in [3.63, 3.8) is 0 Å². The summed E-state index contributed by atoms with van der Waals surface area (Å²) in [5, 5.41) is 9.08. The lowest BCUT2D eigenvalue weighted by Crippen LogP contribution is -2.45. The van der Waals surface area contributed by atoms with E-state index >= 15 is 0 Å². The Balaban J connectivity index is 1.80. The summed E-state index contributed by atoms with van der Waals surface area (Å²) in [6.07, 6.45) is 9.07. The number of hydrogen-bond acceptors (Lipinski definition) is 3. The SMILES string of the molecule is OCCC1CCCCN1CC1CCCCO1. The van der Waals surface area contributed by atoms with Crippen LogP contribution in [0.4, 0.5) is 0 Å². The van der Waals surface area contributed by atoms with Gasteiger partial charge in [-0.3, -0.25) is 4.90 Å². The Bertz CT molecular complexity index is 190. The van der Waals surface area contributed by atoms with Gasteiger partial charge in [-0.05, 0) is 45.1 Å². The van der Waals surface area contributed by atoms with Crippen molar-refractivity contribution in [3.8, 4) is 0 Å². The smallest absolute Gasteiger partial charge is 0.0702 e. The summed E-state index contributed by atoms with van der Waals surface area (Å²) in [7, 11) is 0. The van der Waals surface area contributed by atoms with Crippen LogP contribution in [0.2, 0.25) is 0 Å². The summed E-state index contributed by atoms with van der Waals surface area (Å²) in [6, 6.07) is 0.601. The van der Waals surface area contributed by atoms with E-state index in [0.29, 0.717) is 18.8 Å². The maximum absolute atomic E-state index is 9.08. The van der Waals surface area contributed by atoms with E-state index in [2.05, 4.69) is 4.90 Å². The van der Waals surface area contributed by atoms with E-state index in [9.17, 15) is 0 Å². The quantitative estimate of drug-likeness (QED) is 0.795. The molecule has 3 nitrogen and oxygen atoms in total. The molecule has 2 atom stereocenters. The molecule has 2 heterocycles. The topological polar surface area (TPSA) is 32.7 Å². The van der Waals surface area contributed by atoms with E-state index in [-0.39, 0.29) is 0 Å². The van der Waals surface area contributed by atoms with Gasteiger partial charge in [-0.1, -0.05) is 6.42 Å². The summed E-state index contributed by atoms with van der Waals surface area (Å²) in [5.74, 6) is 0. The minimum Gasteiger partial charge on any atom is -0.396 e. The van der Waals surface area contributed by atoms with Gasteiger partial charge in [0.25, 0.3) is 0 Å². The zero-order valence-corrected chi connectivity index (χ0v) is 10.2. The third-order valence-electron chi connectivity index (χ3n) is 3.92. The minimum absolute atomic E-state index is 0.326. The largest absolute Gasteiger partial charge is 0.396 e. The molecule has 2 saturated heterocycles. The van der Waals surface area contributed by atoms with Crippen LogP contribution in [-0.2, 0) is 4.74 Å². The van der Waals surface area contributed by atoms with E-state index in [1.807, 2.05) is 0 Å². The minimum atomic E-state index is 0.326. The molecule has 0 spiro atoms. The standard InChI is InChI=1S/C13H25NO2/c15-9-7-12-5-1-3-8-14(12)11-13-6-2-4-10-16-13/h12-13,15H,1-11H2. The molecule has 0 amide bonds. The fraction of sp³-hybridized carbons (Fsp3) is 1.00. The number of hydrogen-bond donors (Lipinski definition) is 1. The Morgan fingerprint density at radius 2 is 2.00 bits per heavy atom. The third kappa shape index (κ3) is 3.44. The fourth-order valence-corrected chi connectivity index (χ4v) is 2.99. The molecule has 0 bridgehead atoms. The van der Waals surface area contributed by atoms with Gasteiger partial charge in [0.15, 0.2) is 0 Å². The summed E-state index contributed by atoms with van der Waals surface area (Å²) in [6.45, 7) is 3.56. The molecular weight excluding hydrogens is 202 g/mol. The average Bonchev–Trinajstić information content (AvgIpc) is 2.33. The van der Waals surface area contributed by atoms with Gasteiger partial charge >= 0.3 is 0 Å². The van der Waals surface area contributed by atoms with Crippen molar-refractivity contribution in [2.75, 3.05) is 26.3 Å². The van der Waals surface area contributed by atoms with Crippen LogP contribution in [-0.4, -0.2) is 48.5 Å². The highest BCUT2D eigenvalue weighted by atomic mass is 16.5. The molecule has 2 rings (SSSR count). The van der Waals surface area contributed by atoms with Crippen molar-refractivity contribution >= 4 is 0 Å². The maximum atomic E-state index is 9.08. The Labute approximate surface area is 98.8 Å². The van der Waals surface area contributed by atoms with Crippen molar-refractivity contribution in [2.45, 2.75) is 57.1 Å². The first-order valence-electron chi connectivity index (χ1n) is 6.86. The predicted molar refractivity (Wildman–Crippen MR) is 64.5 cm³/mol. The van der Waals surface area contributed by atoms with Crippen LogP contribution in [0.1, 0.15) is 44.9 Å². The zero-order valence-electron chi connectivity index (χ0n) is 10.2. The van der Waals surface area contributed by atoms with Crippen LogP contribution in [0.5, 0.6) is 0 Å². The van der Waals surface area contributed by atoms with Crippen molar-refractivity contribution in [3.05, 3.63) is 0 Å². The molecular formula is C13H25NO2. The van der Waals surface area contributed by atoms with Crippen LogP contribution in [0.15, 0.2) is 0 Å².